The molecule has 1 aliphatic rings. The third kappa shape index (κ3) is 7.81. The minimum Gasteiger partial charge on any atom is -0.477 e. The van der Waals surface area contributed by atoms with Gasteiger partial charge in [-0.25, -0.2) is 23.2 Å². The van der Waals surface area contributed by atoms with E-state index in [4.69, 9.17) is 21.1 Å². The molecule has 14 heteroatoms. The number of nitrogens with zero attached hydrogens (tertiary/aromatic N) is 2. The van der Waals surface area contributed by atoms with Gasteiger partial charge in [0.25, 0.3) is 11.8 Å². The van der Waals surface area contributed by atoms with Crippen LogP contribution in [0.3, 0.4) is 0 Å². The smallest absolute Gasteiger partial charge is 0.348 e. The Balaban J connectivity index is 1.65. The van der Waals surface area contributed by atoms with Gasteiger partial charge >= 0.3 is 5.97 Å². The Kier molecular flexibility index (Phi) is 9.14. The number of ether oxygens (including phenoxy) is 2. The predicted molar refractivity (Wildman–Crippen MR) is 156 cm³/mol. The SMILES string of the molecule is CC(C)(C)OC(=O)C(Oc1cc(S(C)(=O)=O)ccc1C(=O)Nc1cccnc1C(=O)Nc1ccc(Cl)cn1)C1CNC1. The van der Waals surface area contributed by atoms with E-state index in [1.165, 1.54) is 48.8 Å². The van der Waals surface area contributed by atoms with Crippen LogP contribution in [0.5, 0.6) is 5.75 Å². The van der Waals surface area contributed by atoms with Crippen molar-refractivity contribution >= 4 is 50.7 Å². The number of anilines is 2. The summed E-state index contributed by atoms with van der Waals surface area (Å²) in [5.41, 5.74) is -0.912. The summed E-state index contributed by atoms with van der Waals surface area (Å²) in [5.74, 6) is -2.21. The van der Waals surface area contributed by atoms with E-state index in [1.54, 1.807) is 26.8 Å². The molecular formula is C28H30ClN5O7S. The van der Waals surface area contributed by atoms with Crippen LogP contribution in [0.25, 0.3) is 0 Å². The molecule has 4 rings (SSSR count). The maximum Gasteiger partial charge on any atom is 0.348 e. The lowest BCUT2D eigenvalue weighted by Gasteiger charge is -2.35. The standard InChI is InChI=1S/C28H30ClN5O7S/c1-28(2,3)41-27(37)24(16-13-30-14-16)40-21-12-18(42(4,38)39)8-9-19(21)25(35)33-20-6-5-11-31-23(20)26(36)34-22-10-7-17(29)15-32-22/h5-12,15-16,24,30H,13-14H2,1-4H3,(H,33,35)(H,32,34,36). The van der Waals surface area contributed by atoms with Crippen LogP contribution in [-0.2, 0) is 19.4 Å². The van der Waals surface area contributed by atoms with Crippen LogP contribution in [-0.4, -0.2) is 67.2 Å². The summed E-state index contributed by atoms with van der Waals surface area (Å²) in [6.07, 6.45) is 2.65. The van der Waals surface area contributed by atoms with Gasteiger partial charge in [-0.05, 0) is 63.2 Å². The Morgan fingerprint density at radius 3 is 2.38 bits per heavy atom. The molecule has 3 heterocycles. The van der Waals surface area contributed by atoms with Crippen molar-refractivity contribution in [2.75, 3.05) is 30.0 Å². The normalized spacial score (nSPS) is 14.3. The molecule has 2 amide bonds. The van der Waals surface area contributed by atoms with Crippen LogP contribution in [0.2, 0.25) is 5.02 Å². The summed E-state index contributed by atoms with van der Waals surface area (Å²) >= 11 is 5.85. The molecule has 3 aromatic rings. The predicted octanol–water partition coefficient (Wildman–Crippen LogP) is 3.35. The first-order valence-electron chi connectivity index (χ1n) is 12.8. The van der Waals surface area contributed by atoms with E-state index < -0.39 is 39.3 Å². The Morgan fingerprint density at radius 2 is 1.79 bits per heavy atom. The van der Waals surface area contributed by atoms with Crippen molar-refractivity contribution < 1.29 is 32.3 Å². The van der Waals surface area contributed by atoms with E-state index in [0.717, 1.165) is 6.26 Å². The summed E-state index contributed by atoms with van der Waals surface area (Å²) in [5, 5.41) is 8.68. The summed E-state index contributed by atoms with van der Waals surface area (Å²) in [6.45, 7) is 6.08. The van der Waals surface area contributed by atoms with Gasteiger partial charge in [-0.1, -0.05) is 11.6 Å². The highest BCUT2D eigenvalue weighted by atomic mass is 35.5. The fourth-order valence-corrected chi connectivity index (χ4v) is 4.63. The summed E-state index contributed by atoms with van der Waals surface area (Å²) < 4.78 is 36.3. The van der Waals surface area contributed by atoms with Crippen LogP contribution in [0, 0.1) is 5.92 Å². The van der Waals surface area contributed by atoms with Crippen LogP contribution >= 0.6 is 11.6 Å². The first-order chi connectivity index (χ1) is 19.7. The zero-order valence-corrected chi connectivity index (χ0v) is 24.9. The number of halogens is 1. The molecule has 1 saturated heterocycles. The zero-order chi connectivity index (χ0) is 30.7. The number of sulfone groups is 1. The molecule has 12 nitrogen and oxygen atoms in total. The van der Waals surface area contributed by atoms with E-state index >= 15 is 0 Å². The third-order valence-corrected chi connectivity index (χ3v) is 7.33. The topological polar surface area (TPSA) is 166 Å². The second kappa shape index (κ2) is 12.4. The van der Waals surface area contributed by atoms with E-state index in [0.29, 0.717) is 18.1 Å². The number of carbonyl (C=O) groups is 3. The first-order valence-corrected chi connectivity index (χ1v) is 15.1. The number of amides is 2. The second-order valence-electron chi connectivity index (χ2n) is 10.6. The van der Waals surface area contributed by atoms with Gasteiger partial charge < -0.3 is 25.4 Å². The van der Waals surface area contributed by atoms with E-state index in [-0.39, 0.29) is 39.3 Å². The maximum absolute atomic E-state index is 13.5. The molecule has 42 heavy (non-hydrogen) atoms. The van der Waals surface area contributed by atoms with Gasteiger partial charge in [-0.2, -0.15) is 0 Å². The highest BCUT2D eigenvalue weighted by molar-refractivity contribution is 7.90. The van der Waals surface area contributed by atoms with Crippen LogP contribution in [0.1, 0.15) is 41.6 Å². The van der Waals surface area contributed by atoms with E-state index in [9.17, 15) is 22.8 Å². The first kappa shape index (κ1) is 30.9. The summed E-state index contributed by atoms with van der Waals surface area (Å²) in [4.78, 5) is 47.6. The van der Waals surface area contributed by atoms with Gasteiger partial charge in [0.05, 0.1) is 21.2 Å². The number of esters is 1. The quantitative estimate of drug-likeness (QED) is 0.304. The van der Waals surface area contributed by atoms with Crippen molar-refractivity contribution in [2.24, 2.45) is 5.92 Å². The number of pyridine rings is 2. The molecule has 2 aromatic heterocycles. The Labute approximate surface area is 248 Å². The molecule has 0 spiro atoms. The van der Waals surface area contributed by atoms with E-state index in [2.05, 4.69) is 25.9 Å². The molecule has 3 N–H and O–H groups in total. The van der Waals surface area contributed by atoms with Crippen molar-refractivity contribution in [1.29, 1.82) is 0 Å². The lowest BCUT2D eigenvalue weighted by Crippen LogP contribution is -2.54. The molecular weight excluding hydrogens is 586 g/mol. The maximum atomic E-state index is 13.5. The molecule has 0 saturated carbocycles. The third-order valence-electron chi connectivity index (χ3n) is 6.00. The van der Waals surface area contributed by atoms with Crippen LogP contribution in [0.15, 0.2) is 59.8 Å². The molecule has 0 aliphatic carbocycles. The Morgan fingerprint density at radius 1 is 1.05 bits per heavy atom. The van der Waals surface area contributed by atoms with Crippen molar-refractivity contribution in [3.63, 3.8) is 0 Å². The van der Waals surface area contributed by atoms with Gasteiger partial charge in [-0.15, -0.1) is 0 Å². The van der Waals surface area contributed by atoms with E-state index in [1.807, 2.05) is 0 Å². The molecule has 1 aromatic carbocycles. The number of hydrogen-bond acceptors (Lipinski definition) is 10. The summed E-state index contributed by atoms with van der Waals surface area (Å²) in [7, 11) is -3.69. The Bertz CT molecular complexity index is 1600. The average Bonchev–Trinajstić information content (AvgIpc) is 2.87. The number of rotatable bonds is 9. The number of nitrogens with one attached hydrogen (secondary N) is 3. The number of hydrogen-bond donors (Lipinski definition) is 3. The molecule has 1 fully saturated rings. The van der Waals surface area contributed by atoms with Crippen LogP contribution < -0.4 is 20.7 Å². The van der Waals surface area contributed by atoms with Gasteiger partial charge in [0.1, 0.15) is 17.2 Å². The zero-order valence-electron chi connectivity index (χ0n) is 23.3. The lowest BCUT2D eigenvalue weighted by atomic mass is 9.95. The van der Waals surface area contributed by atoms with Crippen molar-refractivity contribution in [2.45, 2.75) is 37.4 Å². The minimum atomic E-state index is -3.69. The number of aromatic nitrogens is 2. The average molecular weight is 616 g/mol. The molecule has 1 aliphatic heterocycles. The minimum absolute atomic E-state index is 0.0685. The Hall–Kier alpha value is -4.07. The molecule has 1 unspecified atom stereocenters. The van der Waals surface area contributed by atoms with Crippen molar-refractivity contribution in [3.8, 4) is 5.75 Å². The van der Waals surface area contributed by atoms with Gasteiger partial charge in [-0.3, -0.25) is 9.59 Å². The van der Waals surface area contributed by atoms with Crippen molar-refractivity contribution in [3.05, 3.63) is 71.1 Å². The highest BCUT2D eigenvalue weighted by Crippen LogP contribution is 2.29. The molecule has 222 valence electrons. The van der Waals surface area contributed by atoms with Gasteiger partial charge in [0.2, 0.25) is 6.10 Å². The van der Waals surface area contributed by atoms with Gasteiger partial charge in [0.15, 0.2) is 15.5 Å². The fraction of sp³-hybridized carbons (Fsp3) is 0.321. The fourth-order valence-electron chi connectivity index (χ4n) is 3.88. The lowest BCUT2D eigenvalue weighted by molar-refractivity contribution is -0.167. The van der Waals surface area contributed by atoms with Crippen LogP contribution in [0.4, 0.5) is 11.5 Å². The summed E-state index contributed by atoms with van der Waals surface area (Å²) in [6, 6.07) is 9.79. The number of benzene rings is 1. The second-order valence-corrected chi connectivity index (χ2v) is 13.0. The van der Waals surface area contributed by atoms with Gasteiger partial charge in [0, 0.05) is 37.7 Å². The largest absolute Gasteiger partial charge is 0.477 e. The highest BCUT2D eigenvalue weighted by Gasteiger charge is 2.38. The number of carbonyl (C=O) groups excluding carboxylic acids is 3. The molecule has 0 bridgehead atoms. The molecule has 1 atom stereocenters. The molecule has 0 radical (unpaired) electrons. The monoisotopic (exact) mass is 615 g/mol. The van der Waals surface area contributed by atoms with Crippen molar-refractivity contribution in [1.82, 2.24) is 15.3 Å².